The van der Waals surface area contributed by atoms with Crippen LogP contribution in [-0.2, 0) is 4.79 Å². The molecule has 2 saturated carbocycles. The molecule has 4 nitrogen and oxygen atoms in total. The molecule has 2 rings (SSSR count). The maximum atomic E-state index is 12.3. The second-order valence-electron chi connectivity index (χ2n) is 8.46. The van der Waals surface area contributed by atoms with Gasteiger partial charge in [-0.3, -0.25) is 4.79 Å². The molecule has 0 aliphatic heterocycles. The van der Waals surface area contributed by atoms with Crippen LogP contribution in [0, 0.1) is 17.8 Å². The van der Waals surface area contributed by atoms with Crippen LogP contribution >= 0.6 is 0 Å². The summed E-state index contributed by atoms with van der Waals surface area (Å²) in [6, 6.07) is 0. The minimum Gasteiger partial charge on any atom is -0.396 e. The van der Waals surface area contributed by atoms with Crippen molar-refractivity contribution < 1.29 is 20.1 Å². The van der Waals surface area contributed by atoms with Crippen molar-refractivity contribution in [3.63, 3.8) is 0 Å². The lowest BCUT2D eigenvalue weighted by Gasteiger charge is -2.27. The van der Waals surface area contributed by atoms with E-state index >= 15 is 0 Å². The molecule has 0 heterocycles. The third-order valence-corrected chi connectivity index (χ3v) is 6.26. The molecule has 0 saturated heterocycles. The number of ketones is 1. The number of unbranched alkanes of at least 4 members (excludes halogenated alkanes) is 4. The highest BCUT2D eigenvalue weighted by Gasteiger charge is 2.43. The van der Waals surface area contributed by atoms with E-state index in [0.717, 1.165) is 64.2 Å². The Labute approximate surface area is 158 Å². The van der Waals surface area contributed by atoms with E-state index in [4.69, 9.17) is 5.11 Å². The molecule has 0 aromatic carbocycles. The van der Waals surface area contributed by atoms with Gasteiger partial charge in [-0.05, 0) is 44.4 Å². The van der Waals surface area contributed by atoms with Crippen molar-refractivity contribution in [2.75, 3.05) is 6.61 Å². The summed E-state index contributed by atoms with van der Waals surface area (Å²) in [7, 11) is 0. The molecule has 26 heavy (non-hydrogen) atoms. The molecule has 4 atom stereocenters. The van der Waals surface area contributed by atoms with Crippen molar-refractivity contribution >= 4 is 5.78 Å². The smallest absolute Gasteiger partial charge is 0.139 e. The molecule has 0 aromatic heterocycles. The number of carbonyl (C=O) groups excluding carboxylic acids is 1. The minimum atomic E-state index is -0.596. The zero-order chi connectivity index (χ0) is 19.0. The summed E-state index contributed by atoms with van der Waals surface area (Å²) in [4.78, 5) is 12.3. The Bertz CT molecular complexity index is 457. The second-order valence-corrected chi connectivity index (χ2v) is 8.46. The van der Waals surface area contributed by atoms with Gasteiger partial charge in [0.25, 0.3) is 0 Å². The summed E-state index contributed by atoms with van der Waals surface area (Å²) in [5.41, 5.74) is -0.596. The predicted molar refractivity (Wildman–Crippen MR) is 104 cm³/mol. The Morgan fingerprint density at radius 3 is 2.50 bits per heavy atom. The van der Waals surface area contributed by atoms with Gasteiger partial charge in [0.05, 0.1) is 11.7 Å². The maximum Gasteiger partial charge on any atom is 0.139 e. The van der Waals surface area contributed by atoms with E-state index in [1.807, 2.05) is 12.2 Å². The van der Waals surface area contributed by atoms with Gasteiger partial charge in [0, 0.05) is 24.9 Å². The van der Waals surface area contributed by atoms with Crippen LogP contribution in [0.5, 0.6) is 0 Å². The van der Waals surface area contributed by atoms with E-state index in [9.17, 15) is 15.0 Å². The molecule has 1 unspecified atom stereocenters. The van der Waals surface area contributed by atoms with E-state index in [-0.39, 0.29) is 30.6 Å². The molecule has 0 amide bonds. The van der Waals surface area contributed by atoms with Crippen molar-refractivity contribution in [3.8, 4) is 0 Å². The average Bonchev–Trinajstić information content (AvgIpc) is 3.41. The van der Waals surface area contributed by atoms with Gasteiger partial charge in [0.15, 0.2) is 0 Å². The summed E-state index contributed by atoms with van der Waals surface area (Å²) in [6.07, 6.45) is 14.3. The van der Waals surface area contributed by atoms with Crippen LogP contribution in [0.3, 0.4) is 0 Å². The van der Waals surface area contributed by atoms with Gasteiger partial charge in [-0.2, -0.15) is 0 Å². The van der Waals surface area contributed by atoms with Crippen molar-refractivity contribution in [1.82, 2.24) is 0 Å². The molecule has 3 N–H and O–H groups in total. The zero-order valence-corrected chi connectivity index (χ0v) is 16.4. The standard InChI is InChI=1S/C22H38O4/c1-2-13-22(26,17-11-12-17)14-8-10-19-18(20(24)16-21(19)25)9-6-4-3-5-7-15-23/h8,10,17-19,21,23,25-26H,2-7,9,11-16H2,1H3/t18-,19-,21-,22?/m1/s1. The number of rotatable bonds is 13. The third kappa shape index (κ3) is 6.17. The molecule has 0 radical (unpaired) electrons. The topological polar surface area (TPSA) is 77.8 Å². The van der Waals surface area contributed by atoms with E-state index in [1.54, 1.807) is 0 Å². The summed E-state index contributed by atoms with van der Waals surface area (Å²) >= 11 is 0. The Kier molecular flexibility index (Phi) is 8.78. The summed E-state index contributed by atoms with van der Waals surface area (Å²) < 4.78 is 0. The lowest BCUT2D eigenvalue weighted by molar-refractivity contribution is -0.121. The predicted octanol–water partition coefficient (Wildman–Crippen LogP) is 3.77. The highest BCUT2D eigenvalue weighted by Crippen LogP contribution is 2.44. The number of aliphatic hydroxyl groups is 3. The first-order valence-electron chi connectivity index (χ1n) is 10.7. The number of aliphatic hydroxyl groups excluding tert-OH is 2. The summed E-state index contributed by atoms with van der Waals surface area (Å²) in [5, 5.41) is 30.0. The van der Waals surface area contributed by atoms with Gasteiger partial charge in [-0.1, -0.05) is 51.2 Å². The number of Topliss-reactive ketones (excluding diaryl/α,β-unsaturated/α-hetero) is 1. The van der Waals surface area contributed by atoms with E-state index < -0.39 is 11.7 Å². The van der Waals surface area contributed by atoms with Crippen LogP contribution in [0.2, 0.25) is 0 Å². The largest absolute Gasteiger partial charge is 0.396 e. The fraction of sp³-hybridized carbons (Fsp3) is 0.864. The Hall–Kier alpha value is -0.710. The highest BCUT2D eigenvalue weighted by molar-refractivity contribution is 5.84. The first kappa shape index (κ1) is 21.6. The molecule has 2 aliphatic carbocycles. The third-order valence-electron chi connectivity index (χ3n) is 6.26. The monoisotopic (exact) mass is 366 g/mol. The fourth-order valence-electron chi connectivity index (χ4n) is 4.55. The second kappa shape index (κ2) is 10.6. The number of carbonyl (C=O) groups is 1. The first-order chi connectivity index (χ1) is 12.5. The van der Waals surface area contributed by atoms with Gasteiger partial charge in [0.1, 0.15) is 5.78 Å². The van der Waals surface area contributed by atoms with Crippen molar-refractivity contribution in [3.05, 3.63) is 12.2 Å². The Balaban J connectivity index is 1.83. The summed E-state index contributed by atoms with van der Waals surface area (Å²) in [6.45, 7) is 2.36. The van der Waals surface area contributed by atoms with Crippen LogP contribution in [0.25, 0.3) is 0 Å². The number of hydrogen-bond acceptors (Lipinski definition) is 4. The average molecular weight is 367 g/mol. The SMILES string of the molecule is CCCC(O)(CC=C[C@H]1[C@H](O)CC(=O)[C@@H]1CCCCCCCO)C1CC1. The minimum absolute atomic E-state index is 0.0701. The first-order valence-corrected chi connectivity index (χ1v) is 10.7. The highest BCUT2D eigenvalue weighted by atomic mass is 16.3. The normalized spacial score (nSPS) is 28.8. The fourth-order valence-corrected chi connectivity index (χ4v) is 4.55. The van der Waals surface area contributed by atoms with Gasteiger partial charge in [-0.25, -0.2) is 0 Å². The van der Waals surface area contributed by atoms with Gasteiger partial charge >= 0.3 is 0 Å². The molecular weight excluding hydrogens is 328 g/mol. The van der Waals surface area contributed by atoms with Crippen LogP contribution in [0.4, 0.5) is 0 Å². The van der Waals surface area contributed by atoms with Crippen molar-refractivity contribution in [2.24, 2.45) is 17.8 Å². The van der Waals surface area contributed by atoms with Crippen LogP contribution in [-0.4, -0.2) is 39.4 Å². The lowest BCUT2D eigenvalue weighted by atomic mass is 9.85. The van der Waals surface area contributed by atoms with Gasteiger partial charge in [0.2, 0.25) is 0 Å². The van der Waals surface area contributed by atoms with E-state index in [0.29, 0.717) is 12.3 Å². The van der Waals surface area contributed by atoms with Gasteiger partial charge in [-0.15, -0.1) is 0 Å². The number of hydrogen-bond donors (Lipinski definition) is 3. The van der Waals surface area contributed by atoms with E-state index in [2.05, 4.69) is 6.92 Å². The van der Waals surface area contributed by atoms with Crippen LogP contribution in [0.15, 0.2) is 12.2 Å². The van der Waals surface area contributed by atoms with E-state index in [1.165, 1.54) is 0 Å². The van der Waals surface area contributed by atoms with Crippen LogP contribution in [0.1, 0.15) is 84.0 Å². The lowest BCUT2D eigenvalue weighted by Crippen LogP contribution is -2.30. The Morgan fingerprint density at radius 2 is 1.85 bits per heavy atom. The molecule has 4 heteroatoms. The molecule has 0 aromatic rings. The quantitative estimate of drug-likeness (QED) is 0.342. The summed E-state index contributed by atoms with van der Waals surface area (Å²) in [5.74, 6) is 0.453. The van der Waals surface area contributed by atoms with Crippen LogP contribution < -0.4 is 0 Å². The molecule has 0 bridgehead atoms. The zero-order valence-electron chi connectivity index (χ0n) is 16.4. The maximum absolute atomic E-state index is 12.3. The Morgan fingerprint density at radius 1 is 1.15 bits per heavy atom. The van der Waals surface area contributed by atoms with Crippen molar-refractivity contribution in [1.29, 1.82) is 0 Å². The molecule has 2 fully saturated rings. The van der Waals surface area contributed by atoms with Gasteiger partial charge < -0.3 is 15.3 Å². The molecule has 2 aliphatic rings. The molecule has 0 spiro atoms. The van der Waals surface area contributed by atoms with Crippen molar-refractivity contribution in [2.45, 2.75) is 95.7 Å². The molecule has 150 valence electrons. The molecular formula is C22H38O4.